The Bertz CT molecular complexity index is 170. The Morgan fingerprint density at radius 2 is 1.87 bits per heavy atom. The molecule has 0 fully saturated rings. The van der Waals surface area contributed by atoms with Crippen LogP contribution in [0.3, 0.4) is 0 Å². The lowest BCUT2D eigenvalue weighted by atomic mass is 10.2. The molecular formula is C11H24N2O2. The van der Waals surface area contributed by atoms with Gasteiger partial charge < -0.3 is 15.0 Å². The highest BCUT2D eigenvalue weighted by atomic mass is 16.5. The molecule has 0 rings (SSSR count). The molecule has 0 aliphatic carbocycles. The van der Waals surface area contributed by atoms with E-state index in [1.54, 1.807) is 0 Å². The van der Waals surface area contributed by atoms with Crippen LogP contribution in [-0.4, -0.2) is 49.7 Å². The zero-order valence-electron chi connectivity index (χ0n) is 10.4. The van der Waals surface area contributed by atoms with E-state index in [4.69, 9.17) is 4.74 Å². The summed E-state index contributed by atoms with van der Waals surface area (Å²) in [7, 11) is 0. The van der Waals surface area contributed by atoms with Gasteiger partial charge in [0.2, 0.25) is 0 Å². The van der Waals surface area contributed by atoms with Gasteiger partial charge in [0.1, 0.15) is 6.04 Å². The standard InChI is InChI=1S/C11H24N2O2/c1-5-12-10(11(14)15-8-4)9-13(6-2)7-3/h10,12H,5-9H2,1-4H3. The molecule has 4 nitrogen and oxygen atoms in total. The third-order valence-corrected chi connectivity index (χ3v) is 2.36. The Balaban J connectivity index is 4.18. The van der Waals surface area contributed by atoms with Gasteiger partial charge in [0.25, 0.3) is 0 Å². The van der Waals surface area contributed by atoms with Crippen molar-refractivity contribution >= 4 is 5.97 Å². The van der Waals surface area contributed by atoms with Crippen molar-refractivity contribution in [3.8, 4) is 0 Å². The molecule has 0 bridgehead atoms. The molecule has 15 heavy (non-hydrogen) atoms. The Labute approximate surface area is 93.0 Å². The van der Waals surface area contributed by atoms with Gasteiger partial charge in [0.05, 0.1) is 6.61 Å². The molecule has 0 aromatic rings. The van der Waals surface area contributed by atoms with Gasteiger partial charge in [-0.05, 0) is 26.6 Å². The summed E-state index contributed by atoms with van der Waals surface area (Å²) >= 11 is 0. The lowest BCUT2D eigenvalue weighted by Gasteiger charge is -2.24. The van der Waals surface area contributed by atoms with E-state index in [1.165, 1.54) is 0 Å². The van der Waals surface area contributed by atoms with E-state index >= 15 is 0 Å². The summed E-state index contributed by atoms with van der Waals surface area (Å²) in [4.78, 5) is 13.8. The second-order valence-corrected chi connectivity index (χ2v) is 3.35. The lowest BCUT2D eigenvalue weighted by molar-refractivity contribution is -0.146. The average Bonchev–Trinajstić information content (AvgIpc) is 2.24. The van der Waals surface area contributed by atoms with E-state index in [9.17, 15) is 4.79 Å². The van der Waals surface area contributed by atoms with Crippen LogP contribution < -0.4 is 5.32 Å². The SMILES string of the molecule is CCNC(CN(CC)CC)C(=O)OCC. The third kappa shape index (κ3) is 5.74. The molecule has 0 heterocycles. The van der Waals surface area contributed by atoms with Crippen LogP contribution >= 0.6 is 0 Å². The molecule has 0 aliphatic rings. The van der Waals surface area contributed by atoms with E-state index in [-0.39, 0.29) is 12.0 Å². The normalized spacial score (nSPS) is 12.9. The van der Waals surface area contributed by atoms with Crippen LogP contribution in [0.25, 0.3) is 0 Å². The quantitative estimate of drug-likeness (QED) is 0.611. The molecule has 90 valence electrons. The van der Waals surface area contributed by atoms with Gasteiger partial charge in [-0.3, -0.25) is 4.79 Å². The van der Waals surface area contributed by atoms with Gasteiger partial charge >= 0.3 is 5.97 Å². The van der Waals surface area contributed by atoms with E-state index in [2.05, 4.69) is 24.1 Å². The first kappa shape index (κ1) is 14.4. The van der Waals surface area contributed by atoms with Crippen molar-refractivity contribution in [1.29, 1.82) is 0 Å². The van der Waals surface area contributed by atoms with E-state index < -0.39 is 0 Å². The summed E-state index contributed by atoms with van der Waals surface area (Å²) in [6, 6.07) is -0.199. The van der Waals surface area contributed by atoms with Crippen LogP contribution in [0.4, 0.5) is 0 Å². The van der Waals surface area contributed by atoms with Crippen molar-refractivity contribution in [1.82, 2.24) is 10.2 Å². The first-order chi connectivity index (χ1) is 7.19. The molecule has 0 saturated carbocycles. The molecule has 4 heteroatoms. The summed E-state index contributed by atoms with van der Waals surface area (Å²) < 4.78 is 5.02. The van der Waals surface area contributed by atoms with E-state index in [0.717, 1.165) is 26.2 Å². The van der Waals surface area contributed by atoms with Crippen LogP contribution in [0.5, 0.6) is 0 Å². The monoisotopic (exact) mass is 216 g/mol. The highest BCUT2D eigenvalue weighted by Crippen LogP contribution is 1.95. The molecule has 1 atom stereocenters. The second kappa shape index (κ2) is 8.68. The minimum absolute atomic E-state index is 0.147. The highest BCUT2D eigenvalue weighted by molar-refractivity contribution is 5.76. The van der Waals surface area contributed by atoms with Gasteiger partial charge in [-0.2, -0.15) is 0 Å². The fourth-order valence-corrected chi connectivity index (χ4v) is 1.45. The fraction of sp³-hybridized carbons (Fsp3) is 0.909. The Kier molecular flexibility index (Phi) is 8.33. The number of nitrogens with one attached hydrogen (secondary N) is 1. The van der Waals surface area contributed by atoms with Crippen molar-refractivity contribution in [2.45, 2.75) is 33.7 Å². The van der Waals surface area contributed by atoms with Gasteiger partial charge in [-0.1, -0.05) is 20.8 Å². The average molecular weight is 216 g/mol. The molecule has 0 radical (unpaired) electrons. The van der Waals surface area contributed by atoms with Crippen molar-refractivity contribution in [3.05, 3.63) is 0 Å². The van der Waals surface area contributed by atoms with Gasteiger partial charge in [0, 0.05) is 6.54 Å². The minimum atomic E-state index is -0.199. The van der Waals surface area contributed by atoms with Crippen molar-refractivity contribution < 1.29 is 9.53 Å². The predicted octanol–water partition coefficient (Wildman–Crippen LogP) is 0.869. The summed E-state index contributed by atoms with van der Waals surface area (Å²) in [5.74, 6) is -0.147. The summed E-state index contributed by atoms with van der Waals surface area (Å²) in [6.45, 7) is 11.9. The molecule has 0 aromatic carbocycles. The molecule has 0 aliphatic heterocycles. The number of ether oxygens (including phenoxy) is 1. The van der Waals surface area contributed by atoms with Crippen molar-refractivity contribution in [2.75, 3.05) is 32.8 Å². The topological polar surface area (TPSA) is 41.6 Å². The summed E-state index contributed by atoms with van der Waals surface area (Å²) in [6.07, 6.45) is 0. The van der Waals surface area contributed by atoms with Crippen LogP contribution in [-0.2, 0) is 9.53 Å². The maximum atomic E-state index is 11.6. The molecule has 1 N–H and O–H groups in total. The van der Waals surface area contributed by atoms with Crippen molar-refractivity contribution in [3.63, 3.8) is 0 Å². The van der Waals surface area contributed by atoms with Gasteiger partial charge in [0.15, 0.2) is 0 Å². The van der Waals surface area contributed by atoms with Crippen LogP contribution in [0.1, 0.15) is 27.7 Å². The zero-order chi connectivity index (χ0) is 11.7. The third-order valence-electron chi connectivity index (χ3n) is 2.36. The number of carbonyl (C=O) groups excluding carboxylic acids is 1. The lowest BCUT2D eigenvalue weighted by Crippen LogP contribution is -2.46. The van der Waals surface area contributed by atoms with Gasteiger partial charge in [-0.25, -0.2) is 0 Å². The van der Waals surface area contributed by atoms with Crippen LogP contribution in [0, 0.1) is 0 Å². The van der Waals surface area contributed by atoms with Crippen LogP contribution in [0.2, 0.25) is 0 Å². The number of esters is 1. The number of rotatable bonds is 8. The largest absolute Gasteiger partial charge is 0.465 e. The number of likely N-dealkylation sites (N-methyl/N-ethyl adjacent to an activating group) is 2. The number of nitrogens with zero attached hydrogens (tertiary/aromatic N) is 1. The van der Waals surface area contributed by atoms with Crippen molar-refractivity contribution in [2.24, 2.45) is 0 Å². The minimum Gasteiger partial charge on any atom is -0.465 e. The fourth-order valence-electron chi connectivity index (χ4n) is 1.45. The molecule has 0 saturated heterocycles. The first-order valence-corrected chi connectivity index (χ1v) is 5.81. The maximum absolute atomic E-state index is 11.6. The van der Waals surface area contributed by atoms with Gasteiger partial charge in [-0.15, -0.1) is 0 Å². The molecule has 0 amide bonds. The zero-order valence-corrected chi connectivity index (χ0v) is 10.4. The number of hydrogen-bond acceptors (Lipinski definition) is 4. The van der Waals surface area contributed by atoms with E-state index in [0.29, 0.717) is 6.61 Å². The molecule has 0 aromatic heterocycles. The van der Waals surface area contributed by atoms with E-state index in [1.807, 2.05) is 13.8 Å². The summed E-state index contributed by atoms with van der Waals surface area (Å²) in [5.41, 5.74) is 0. The Hall–Kier alpha value is -0.610. The molecule has 0 spiro atoms. The summed E-state index contributed by atoms with van der Waals surface area (Å²) in [5, 5.41) is 3.15. The molecule has 1 unspecified atom stereocenters. The highest BCUT2D eigenvalue weighted by Gasteiger charge is 2.20. The Morgan fingerprint density at radius 3 is 2.27 bits per heavy atom. The maximum Gasteiger partial charge on any atom is 0.324 e. The predicted molar refractivity (Wildman–Crippen MR) is 61.9 cm³/mol. The van der Waals surface area contributed by atoms with Crippen LogP contribution in [0.15, 0.2) is 0 Å². The Morgan fingerprint density at radius 1 is 1.27 bits per heavy atom. The number of carbonyl (C=O) groups is 1. The second-order valence-electron chi connectivity index (χ2n) is 3.35. The first-order valence-electron chi connectivity index (χ1n) is 5.81. The molecular weight excluding hydrogens is 192 g/mol. The smallest absolute Gasteiger partial charge is 0.324 e. The number of hydrogen-bond donors (Lipinski definition) is 1.